The van der Waals surface area contributed by atoms with Gasteiger partial charge in [-0.15, -0.1) is 0 Å². The second kappa shape index (κ2) is 7.20. The minimum absolute atomic E-state index is 0.00150. The summed E-state index contributed by atoms with van der Waals surface area (Å²) in [5, 5.41) is 7.38. The molecule has 0 bridgehead atoms. The lowest BCUT2D eigenvalue weighted by atomic mass is 10.0. The SMILES string of the molecule is C=CC(=O)N[C@@H]1CCCN(C(=O)c2cnn(C3CCCC3)c2C)C1. The standard InChI is InChI=1S/C18H26N4O2/c1-3-17(23)20-14-7-6-10-21(12-14)18(24)16-11-19-22(13(16)2)15-8-4-5-9-15/h3,11,14-15H,1,4-10,12H2,2H3,(H,20,23)/t14-/m1/s1. The fourth-order valence-corrected chi connectivity index (χ4v) is 3.86. The number of nitrogens with zero attached hydrogens (tertiary/aromatic N) is 3. The van der Waals surface area contributed by atoms with Crippen LogP contribution in [0.4, 0.5) is 0 Å². The number of rotatable bonds is 4. The molecule has 1 aromatic rings. The van der Waals surface area contributed by atoms with Gasteiger partial charge in [-0.2, -0.15) is 5.10 Å². The molecule has 3 rings (SSSR count). The molecule has 1 saturated carbocycles. The van der Waals surface area contributed by atoms with E-state index in [2.05, 4.69) is 17.0 Å². The molecule has 2 heterocycles. The smallest absolute Gasteiger partial charge is 0.257 e. The maximum absolute atomic E-state index is 12.9. The van der Waals surface area contributed by atoms with Crippen LogP contribution in [-0.2, 0) is 4.79 Å². The third-order valence-corrected chi connectivity index (χ3v) is 5.19. The van der Waals surface area contributed by atoms with E-state index in [-0.39, 0.29) is 17.9 Å². The monoisotopic (exact) mass is 330 g/mol. The quantitative estimate of drug-likeness (QED) is 0.861. The van der Waals surface area contributed by atoms with E-state index in [1.165, 1.54) is 18.9 Å². The molecule has 1 saturated heterocycles. The molecule has 0 spiro atoms. The zero-order valence-electron chi connectivity index (χ0n) is 14.3. The lowest BCUT2D eigenvalue weighted by molar-refractivity contribution is -0.117. The molecule has 2 amide bonds. The topological polar surface area (TPSA) is 67.2 Å². The van der Waals surface area contributed by atoms with Crippen molar-refractivity contribution in [3.63, 3.8) is 0 Å². The molecule has 1 atom stereocenters. The van der Waals surface area contributed by atoms with Gasteiger partial charge in [0.05, 0.1) is 17.8 Å². The first kappa shape index (κ1) is 16.7. The van der Waals surface area contributed by atoms with Crippen molar-refractivity contribution in [3.8, 4) is 0 Å². The Kier molecular flexibility index (Phi) is 5.02. The highest BCUT2D eigenvalue weighted by Gasteiger charge is 2.28. The summed E-state index contributed by atoms with van der Waals surface area (Å²) in [6.07, 6.45) is 9.55. The van der Waals surface area contributed by atoms with Crippen LogP contribution >= 0.6 is 0 Å². The van der Waals surface area contributed by atoms with E-state index in [9.17, 15) is 9.59 Å². The van der Waals surface area contributed by atoms with Crippen LogP contribution < -0.4 is 5.32 Å². The van der Waals surface area contributed by atoms with E-state index in [4.69, 9.17) is 0 Å². The Morgan fingerprint density at radius 2 is 2.04 bits per heavy atom. The molecular weight excluding hydrogens is 304 g/mol. The van der Waals surface area contributed by atoms with Crippen LogP contribution in [0, 0.1) is 6.92 Å². The average molecular weight is 330 g/mol. The largest absolute Gasteiger partial charge is 0.348 e. The van der Waals surface area contributed by atoms with Gasteiger partial charge in [0, 0.05) is 24.8 Å². The lowest BCUT2D eigenvalue weighted by Gasteiger charge is -2.33. The maximum atomic E-state index is 12.9. The summed E-state index contributed by atoms with van der Waals surface area (Å²) in [6, 6.07) is 0.436. The van der Waals surface area contributed by atoms with E-state index in [0.717, 1.165) is 37.9 Å². The van der Waals surface area contributed by atoms with Gasteiger partial charge < -0.3 is 10.2 Å². The van der Waals surface area contributed by atoms with Crippen molar-refractivity contribution in [2.45, 2.75) is 57.5 Å². The Morgan fingerprint density at radius 3 is 2.75 bits per heavy atom. The Morgan fingerprint density at radius 1 is 1.29 bits per heavy atom. The number of amides is 2. The van der Waals surface area contributed by atoms with E-state index in [0.29, 0.717) is 18.2 Å². The van der Waals surface area contributed by atoms with E-state index >= 15 is 0 Å². The lowest BCUT2D eigenvalue weighted by Crippen LogP contribution is -2.49. The van der Waals surface area contributed by atoms with Gasteiger partial charge in [0.25, 0.3) is 5.91 Å². The molecule has 6 nitrogen and oxygen atoms in total. The van der Waals surface area contributed by atoms with Crippen molar-refractivity contribution in [2.75, 3.05) is 13.1 Å². The number of nitrogens with one attached hydrogen (secondary N) is 1. The minimum atomic E-state index is -0.181. The van der Waals surface area contributed by atoms with Gasteiger partial charge in [0.1, 0.15) is 0 Å². The maximum Gasteiger partial charge on any atom is 0.257 e. The van der Waals surface area contributed by atoms with Crippen LogP contribution in [0.2, 0.25) is 0 Å². The first-order valence-electron chi connectivity index (χ1n) is 8.86. The molecule has 2 aliphatic rings. The summed E-state index contributed by atoms with van der Waals surface area (Å²) >= 11 is 0. The summed E-state index contributed by atoms with van der Waals surface area (Å²) in [4.78, 5) is 26.2. The van der Waals surface area contributed by atoms with E-state index < -0.39 is 0 Å². The number of likely N-dealkylation sites (tertiary alicyclic amines) is 1. The van der Waals surface area contributed by atoms with Crippen LogP contribution in [0.15, 0.2) is 18.9 Å². The Labute approximate surface area is 142 Å². The summed E-state index contributed by atoms with van der Waals surface area (Å²) in [5.41, 5.74) is 1.65. The van der Waals surface area contributed by atoms with Gasteiger partial charge in [0.2, 0.25) is 5.91 Å². The molecule has 0 unspecified atom stereocenters. The van der Waals surface area contributed by atoms with Crippen LogP contribution in [0.3, 0.4) is 0 Å². The fourth-order valence-electron chi connectivity index (χ4n) is 3.86. The predicted molar refractivity (Wildman–Crippen MR) is 91.7 cm³/mol. The number of hydrogen-bond donors (Lipinski definition) is 1. The molecule has 1 aliphatic heterocycles. The second-order valence-electron chi connectivity index (χ2n) is 6.83. The Bertz CT molecular complexity index is 631. The predicted octanol–water partition coefficient (Wildman–Crippen LogP) is 2.21. The normalized spacial score (nSPS) is 21.7. The third kappa shape index (κ3) is 3.37. The Hall–Kier alpha value is -2.11. The highest BCUT2D eigenvalue weighted by molar-refractivity contribution is 5.95. The second-order valence-corrected chi connectivity index (χ2v) is 6.83. The number of carbonyl (C=O) groups excluding carboxylic acids is 2. The molecule has 1 N–H and O–H groups in total. The molecule has 130 valence electrons. The zero-order chi connectivity index (χ0) is 17.1. The summed E-state index contributed by atoms with van der Waals surface area (Å²) in [6.45, 7) is 6.74. The molecule has 2 fully saturated rings. The van der Waals surface area contributed by atoms with Crippen molar-refractivity contribution in [1.29, 1.82) is 0 Å². The molecule has 1 aliphatic carbocycles. The van der Waals surface area contributed by atoms with Crippen molar-refractivity contribution in [3.05, 3.63) is 30.1 Å². The number of aromatic nitrogens is 2. The molecule has 1 aromatic heterocycles. The summed E-state index contributed by atoms with van der Waals surface area (Å²) in [5.74, 6) is -0.158. The average Bonchev–Trinajstić information content (AvgIpc) is 3.23. The van der Waals surface area contributed by atoms with Crippen LogP contribution in [0.25, 0.3) is 0 Å². The Balaban J connectivity index is 1.69. The van der Waals surface area contributed by atoms with Gasteiger partial charge in [-0.05, 0) is 38.7 Å². The van der Waals surface area contributed by atoms with E-state index in [1.807, 2.05) is 16.5 Å². The van der Waals surface area contributed by atoms with Crippen molar-refractivity contribution in [2.24, 2.45) is 0 Å². The van der Waals surface area contributed by atoms with Gasteiger partial charge in [-0.1, -0.05) is 19.4 Å². The summed E-state index contributed by atoms with van der Waals surface area (Å²) in [7, 11) is 0. The van der Waals surface area contributed by atoms with Crippen LogP contribution in [0.1, 0.15) is 60.6 Å². The first-order valence-corrected chi connectivity index (χ1v) is 8.86. The number of carbonyl (C=O) groups is 2. The van der Waals surface area contributed by atoms with E-state index in [1.54, 1.807) is 6.20 Å². The zero-order valence-corrected chi connectivity index (χ0v) is 14.3. The van der Waals surface area contributed by atoms with Crippen molar-refractivity contribution < 1.29 is 9.59 Å². The number of piperidine rings is 1. The van der Waals surface area contributed by atoms with Gasteiger partial charge in [0.15, 0.2) is 0 Å². The highest BCUT2D eigenvalue weighted by Crippen LogP contribution is 2.30. The van der Waals surface area contributed by atoms with Crippen LogP contribution in [-0.4, -0.2) is 45.6 Å². The van der Waals surface area contributed by atoms with Crippen molar-refractivity contribution in [1.82, 2.24) is 20.0 Å². The van der Waals surface area contributed by atoms with Crippen molar-refractivity contribution >= 4 is 11.8 Å². The van der Waals surface area contributed by atoms with Gasteiger partial charge in [-0.25, -0.2) is 0 Å². The number of hydrogen-bond acceptors (Lipinski definition) is 3. The third-order valence-electron chi connectivity index (χ3n) is 5.19. The van der Waals surface area contributed by atoms with Gasteiger partial charge in [-0.3, -0.25) is 14.3 Å². The molecular formula is C18H26N4O2. The molecule has 6 heteroatoms. The van der Waals surface area contributed by atoms with Gasteiger partial charge >= 0.3 is 0 Å². The fraction of sp³-hybridized carbons (Fsp3) is 0.611. The highest BCUT2D eigenvalue weighted by atomic mass is 16.2. The molecule has 0 aromatic carbocycles. The summed E-state index contributed by atoms with van der Waals surface area (Å²) < 4.78 is 2.03. The minimum Gasteiger partial charge on any atom is -0.348 e. The molecule has 24 heavy (non-hydrogen) atoms. The first-order chi connectivity index (χ1) is 11.6. The van der Waals surface area contributed by atoms with Crippen LogP contribution in [0.5, 0.6) is 0 Å². The molecule has 0 radical (unpaired) electrons.